The summed E-state index contributed by atoms with van der Waals surface area (Å²) in [6.45, 7) is 1.46. The highest BCUT2D eigenvalue weighted by Crippen LogP contribution is 1.95. The Hall–Kier alpha value is -1.42. The normalized spacial score (nSPS) is 9.42. The van der Waals surface area contributed by atoms with Crippen LogP contribution in [0.15, 0.2) is 24.4 Å². The number of rotatable bonds is 3. The lowest BCUT2D eigenvalue weighted by Gasteiger charge is -1.99. The van der Waals surface area contributed by atoms with Gasteiger partial charge < -0.3 is 0 Å². The Bertz CT molecular complexity index is 248. The highest BCUT2D eigenvalue weighted by atomic mass is 17.2. The first-order chi connectivity index (χ1) is 5.79. The molecule has 0 atom stereocenters. The predicted molar refractivity (Wildman–Crippen MR) is 40.8 cm³/mol. The summed E-state index contributed by atoms with van der Waals surface area (Å²) in [6, 6.07) is 5.41. The van der Waals surface area contributed by atoms with Crippen LogP contribution in [0.3, 0.4) is 0 Å². The van der Waals surface area contributed by atoms with E-state index in [0.29, 0.717) is 0 Å². The molecule has 1 heterocycles. The summed E-state index contributed by atoms with van der Waals surface area (Å²) in [6.07, 6.45) is 1.65. The molecule has 0 fully saturated rings. The molecule has 64 valence electrons. The second-order valence-electron chi connectivity index (χ2n) is 2.16. The average Bonchev–Trinajstić information content (AvgIpc) is 2.05. The topological polar surface area (TPSA) is 48.4 Å². The minimum Gasteiger partial charge on any atom is -0.298 e. The van der Waals surface area contributed by atoms with E-state index in [1.165, 1.54) is 6.92 Å². The van der Waals surface area contributed by atoms with E-state index in [9.17, 15) is 4.79 Å². The number of hydrogen-bond acceptors (Lipinski definition) is 4. The minimum absolute atomic E-state index is 0.181. The van der Waals surface area contributed by atoms with Crippen LogP contribution in [-0.2, 0) is 21.2 Å². The molecule has 0 aliphatic heterocycles. The van der Waals surface area contributed by atoms with Crippen molar-refractivity contribution in [2.45, 2.75) is 13.5 Å². The van der Waals surface area contributed by atoms with Gasteiger partial charge in [-0.1, -0.05) is 6.07 Å². The standard InChI is InChI=1S/C8H9NO3/c1-7(10)12-11-6-8-4-2-3-5-9-8/h2-5H,6H2,1H3. The summed E-state index contributed by atoms with van der Waals surface area (Å²) in [5, 5.41) is 0. The lowest BCUT2D eigenvalue weighted by atomic mass is 10.4. The zero-order valence-corrected chi connectivity index (χ0v) is 6.69. The Morgan fingerprint density at radius 1 is 1.58 bits per heavy atom. The van der Waals surface area contributed by atoms with E-state index in [1.807, 2.05) is 6.07 Å². The third kappa shape index (κ3) is 3.12. The molecule has 0 spiro atoms. The fraction of sp³-hybridized carbons (Fsp3) is 0.250. The van der Waals surface area contributed by atoms with Crippen molar-refractivity contribution in [3.8, 4) is 0 Å². The monoisotopic (exact) mass is 167 g/mol. The van der Waals surface area contributed by atoms with Gasteiger partial charge in [-0.2, -0.15) is 4.89 Å². The van der Waals surface area contributed by atoms with Crippen LogP contribution < -0.4 is 0 Å². The van der Waals surface area contributed by atoms with Crippen LogP contribution in [0.25, 0.3) is 0 Å². The summed E-state index contributed by atoms with van der Waals surface area (Å²) in [7, 11) is 0. The van der Waals surface area contributed by atoms with Gasteiger partial charge in [0.25, 0.3) is 0 Å². The highest BCUT2D eigenvalue weighted by Gasteiger charge is 1.95. The number of nitrogens with zero attached hydrogens (tertiary/aromatic N) is 1. The van der Waals surface area contributed by atoms with Crippen molar-refractivity contribution in [2.75, 3.05) is 0 Å². The number of aromatic nitrogens is 1. The second kappa shape index (κ2) is 4.46. The van der Waals surface area contributed by atoms with Gasteiger partial charge in [0.2, 0.25) is 0 Å². The van der Waals surface area contributed by atoms with E-state index < -0.39 is 5.97 Å². The van der Waals surface area contributed by atoms with Crippen LogP contribution in [0, 0.1) is 0 Å². The van der Waals surface area contributed by atoms with Crippen LogP contribution in [-0.4, -0.2) is 11.0 Å². The third-order valence-electron chi connectivity index (χ3n) is 1.11. The Morgan fingerprint density at radius 2 is 2.42 bits per heavy atom. The average molecular weight is 167 g/mol. The Labute approximate surface area is 70.1 Å². The molecule has 1 aromatic rings. The molecular weight excluding hydrogens is 158 g/mol. The van der Waals surface area contributed by atoms with E-state index in [2.05, 4.69) is 14.8 Å². The second-order valence-corrected chi connectivity index (χ2v) is 2.16. The molecule has 12 heavy (non-hydrogen) atoms. The van der Waals surface area contributed by atoms with Crippen molar-refractivity contribution < 1.29 is 14.6 Å². The summed E-state index contributed by atoms with van der Waals surface area (Å²) in [5.74, 6) is -0.467. The number of hydrogen-bond donors (Lipinski definition) is 0. The molecule has 0 amide bonds. The van der Waals surface area contributed by atoms with E-state index in [0.717, 1.165) is 5.69 Å². The molecule has 0 saturated heterocycles. The highest BCUT2D eigenvalue weighted by molar-refractivity contribution is 5.65. The van der Waals surface area contributed by atoms with Crippen LogP contribution in [0.4, 0.5) is 0 Å². The smallest absolute Gasteiger partial charge is 0.298 e. The van der Waals surface area contributed by atoms with Gasteiger partial charge in [-0.25, -0.2) is 4.79 Å². The van der Waals surface area contributed by atoms with Crippen molar-refractivity contribution in [2.24, 2.45) is 0 Å². The summed E-state index contributed by atoms with van der Waals surface area (Å²) >= 11 is 0. The third-order valence-corrected chi connectivity index (χ3v) is 1.11. The van der Waals surface area contributed by atoms with Gasteiger partial charge in [0.1, 0.15) is 6.61 Å². The Morgan fingerprint density at radius 3 is 3.00 bits per heavy atom. The minimum atomic E-state index is -0.467. The van der Waals surface area contributed by atoms with Gasteiger partial charge in [-0.05, 0) is 12.1 Å². The van der Waals surface area contributed by atoms with Crippen LogP contribution in [0.1, 0.15) is 12.6 Å². The zero-order chi connectivity index (χ0) is 8.81. The van der Waals surface area contributed by atoms with E-state index in [-0.39, 0.29) is 6.61 Å². The molecular formula is C8H9NO3. The van der Waals surface area contributed by atoms with Crippen LogP contribution >= 0.6 is 0 Å². The van der Waals surface area contributed by atoms with E-state index in [1.54, 1.807) is 18.3 Å². The molecule has 0 N–H and O–H groups in total. The molecule has 1 rings (SSSR count). The lowest BCUT2D eigenvalue weighted by molar-refractivity contribution is -0.278. The Balaban J connectivity index is 2.29. The molecule has 0 saturated carbocycles. The number of carbonyl (C=O) groups is 1. The van der Waals surface area contributed by atoms with Gasteiger partial charge >= 0.3 is 5.97 Å². The SMILES string of the molecule is CC(=O)OOCc1ccccn1. The fourth-order valence-corrected chi connectivity index (χ4v) is 0.656. The molecule has 0 radical (unpaired) electrons. The summed E-state index contributed by atoms with van der Waals surface area (Å²) < 4.78 is 0. The van der Waals surface area contributed by atoms with Crippen LogP contribution in [0.5, 0.6) is 0 Å². The molecule has 0 bridgehead atoms. The van der Waals surface area contributed by atoms with Crippen molar-refractivity contribution in [3.63, 3.8) is 0 Å². The molecule has 4 heteroatoms. The molecule has 0 unspecified atom stereocenters. The van der Waals surface area contributed by atoms with Gasteiger partial charge in [0.15, 0.2) is 0 Å². The molecule has 0 aliphatic carbocycles. The molecule has 1 aromatic heterocycles. The summed E-state index contributed by atoms with van der Waals surface area (Å²) in [5.41, 5.74) is 0.721. The maximum Gasteiger partial charge on any atom is 0.339 e. The fourth-order valence-electron chi connectivity index (χ4n) is 0.656. The predicted octanol–water partition coefficient (Wildman–Crippen LogP) is 1.08. The van der Waals surface area contributed by atoms with E-state index >= 15 is 0 Å². The van der Waals surface area contributed by atoms with Crippen molar-refractivity contribution >= 4 is 5.97 Å². The van der Waals surface area contributed by atoms with Gasteiger partial charge in [0.05, 0.1) is 5.69 Å². The number of pyridine rings is 1. The zero-order valence-electron chi connectivity index (χ0n) is 6.69. The summed E-state index contributed by atoms with van der Waals surface area (Å²) in [4.78, 5) is 23.1. The largest absolute Gasteiger partial charge is 0.339 e. The van der Waals surface area contributed by atoms with Gasteiger partial charge in [-0.15, -0.1) is 0 Å². The molecule has 0 aliphatic rings. The van der Waals surface area contributed by atoms with E-state index in [4.69, 9.17) is 0 Å². The Kier molecular flexibility index (Phi) is 3.22. The first-order valence-corrected chi connectivity index (χ1v) is 3.49. The first-order valence-electron chi connectivity index (χ1n) is 3.49. The molecule has 4 nitrogen and oxygen atoms in total. The lowest BCUT2D eigenvalue weighted by Crippen LogP contribution is -2.01. The van der Waals surface area contributed by atoms with Crippen molar-refractivity contribution in [3.05, 3.63) is 30.1 Å². The van der Waals surface area contributed by atoms with Crippen LogP contribution in [0.2, 0.25) is 0 Å². The van der Waals surface area contributed by atoms with Gasteiger partial charge in [-0.3, -0.25) is 9.87 Å². The van der Waals surface area contributed by atoms with Gasteiger partial charge in [0, 0.05) is 13.1 Å². The quantitative estimate of drug-likeness (QED) is 0.499. The number of carbonyl (C=O) groups excluding carboxylic acids is 1. The van der Waals surface area contributed by atoms with Crippen molar-refractivity contribution in [1.82, 2.24) is 4.98 Å². The maximum absolute atomic E-state index is 10.3. The first kappa shape index (κ1) is 8.67. The maximum atomic E-state index is 10.3. The molecule has 0 aromatic carbocycles. The van der Waals surface area contributed by atoms with Crippen molar-refractivity contribution in [1.29, 1.82) is 0 Å².